The molecule has 5 heteroatoms. The van der Waals surface area contributed by atoms with E-state index in [2.05, 4.69) is 21.5 Å². The number of hydrogen-bond acceptors (Lipinski definition) is 4. The third kappa shape index (κ3) is 3.75. The summed E-state index contributed by atoms with van der Waals surface area (Å²) in [4.78, 5) is 17.8. The lowest BCUT2D eigenvalue weighted by Crippen LogP contribution is -2.46. The van der Waals surface area contributed by atoms with Crippen LogP contribution in [0.25, 0.3) is 10.9 Å². The third-order valence-electron chi connectivity index (χ3n) is 6.34. The number of aryl methyl sites for hydroxylation is 1. The first-order valence-corrected chi connectivity index (χ1v) is 10.7. The highest BCUT2D eigenvalue weighted by Gasteiger charge is 2.47. The summed E-state index contributed by atoms with van der Waals surface area (Å²) in [6.45, 7) is 3.61. The van der Waals surface area contributed by atoms with E-state index in [0.29, 0.717) is 18.2 Å². The van der Waals surface area contributed by atoms with E-state index in [1.165, 1.54) is 0 Å². The highest BCUT2D eigenvalue weighted by Crippen LogP contribution is 2.48. The van der Waals surface area contributed by atoms with E-state index in [4.69, 9.17) is 11.2 Å². The number of nitrogens with zero attached hydrogens (tertiary/aromatic N) is 1. The molecular weight excluding hydrogens is 386 g/mol. The van der Waals surface area contributed by atoms with Crippen molar-refractivity contribution in [1.29, 1.82) is 0 Å². The molecule has 0 bridgehead atoms. The molecule has 3 aromatic rings. The van der Waals surface area contributed by atoms with Gasteiger partial charge >= 0.3 is 0 Å². The molecule has 1 amide bonds. The number of nitrogens with one attached hydrogen (secondary N) is 2. The van der Waals surface area contributed by atoms with Crippen LogP contribution in [0.15, 0.2) is 48.7 Å². The van der Waals surface area contributed by atoms with E-state index < -0.39 is 5.54 Å². The van der Waals surface area contributed by atoms with E-state index in [-0.39, 0.29) is 5.91 Å². The van der Waals surface area contributed by atoms with Crippen LogP contribution in [0, 0.1) is 19.3 Å². The van der Waals surface area contributed by atoms with Crippen LogP contribution >= 0.6 is 0 Å². The molecule has 2 fully saturated rings. The summed E-state index contributed by atoms with van der Waals surface area (Å²) in [5.41, 5.74) is 3.82. The first-order valence-electron chi connectivity index (χ1n) is 10.7. The van der Waals surface area contributed by atoms with Gasteiger partial charge in [-0.05, 0) is 74.2 Å². The monoisotopic (exact) mass is 411 g/mol. The van der Waals surface area contributed by atoms with Crippen LogP contribution in [0.3, 0.4) is 0 Å². The fraction of sp³-hybridized carbons (Fsp3) is 0.308. The van der Waals surface area contributed by atoms with Crippen molar-refractivity contribution < 1.29 is 9.53 Å². The molecule has 1 aliphatic heterocycles. The molecule has 0 radical (unpaired) electrons. The number of benzene rings is 2. The highest BCUT2D eigenvalue weighted by atomic mass is 16.5. The zero-order valence-electron chi connectivity index (χ0n) is 17.6. The molecule has 1 aliphatic carbocycles. The molecule has 1 aromatic heterocycles. The second kappa shape index (κ2) is 7.72. The van der Waals surface area contributed by atoms with Crippen molar-refractivity contribution in [3.63, 3.8) is 0 Å². The van der Waals surface area contributed by atoms with Crippen LogP contribution in [0.5, 0.6) is 5.75 Å². The van der Waals surface area contributed by atoms with E-state index in [9.17, 15) is 4.79 Å². The van der Waals surface area contributed by atoms with Crippen LogP contribution in [-0.4, -0.2) is 30.1 Å². The predicted octanol–water partition coefficient (Wildman–Crippen LogP) is 3.68. The van der Waals surface area contributed by atoms with Crippen molar-refractivity contribution in [1.82, 2.24) is 15.6 Å². The Morgan fingerprint density at radius 3 is 2.87 bits per heavy atom. The number of carbonyl (C=O) groups excluding carboxylic acids is 1. The number of fused-ring (bicyclic) bond motifs is 1. The van der Waals surface area contributed by atoms with Gasteiger partial charge in [-0.2, -0.15) is 0 Å². The Morgan fingerprint density at radius 1 is 1.32 bits per heavy atom. The Hall–Kier alpha value is -3.36. The van der Waals surface area contributed by atoms with Crippen molar-refractivity contribution in [2.45, 2.75) is 37.8 Å². The summed E-state index contributed by atoms with van der Waals surface area (Å²) in [6, 6.07) is 14.0. The van der Waals surface area contributed by atoms with Crippen LogP contribution in [0.1, 0.15) is 46.3 Å². The van der Waals surface area contributed by atoms with Gasteiger partial charge in [-0.25, -0.2) is 0 Å². The quantitative estimate of drug-likeness (QED) is 0.608. The summed E-state index contributed by atoms with van der Waals surface area (Å²) in [5, 5.41) is 7.65. The molecule has 5 rings (SSSR count). The van der Waals surface area contributed by atoms with Gasteiger partial charge in [-0.3, -0.25) is 9.78 Å². The van der Waals surface area contributed by atoms with E-state index >= 15 is 0 Å². The number of aromatic nitrogens is 1. The number of rotatable bonds is 6. The maximum Gasteiger partial charge on any atom is 0.252 e. The molecule has 1 unspecified atom stereocenters. The number of carbonyl (C=O) groups is 1. The summed E-state index contributed by atoms with van der Waals surface area (Å²) < 4.78 is 5.90. The first-order chi connectivity index (χ1) is 15.1. The lowest BCUT2D eigenvalue weighted by atomic mass is 9.96. The molecule has 2 heterocycles. The highest BCUT2D eigenvalue weighted by molar-refractivity contribution is 5.97. The van der Waals surface area contributed by atoms with Gasteiger partial charge in [-0.15, -0.1) is 6.42 Å². The van der Waals surface area contributed by atoms with Gasteiger partial charge in [0.15, 0.2) is 0 Å². The maximum atomic E-state index is 13.3. The lowest BCUT2D eigenvalue weighted by Gasteiger charge is -2.27. The minimum absolute atomic E-state index is 0.0922. The predicted molar refractivity (Wildman–Crippen MR) is 121 cm³/mol. The Kier molecular flexibility index (Phi) is 4.88. The largest absolute Gasteiger partial charge is 0.492 e. The second-order valence-corrected chi connectivity index (χ2v) is 8.50. The Bertz CT molecular complexity index is 1200. The molecular formula is C26H25N3O2. The second-order valence-electron chi connectivity index (χ2n) is 8.50. The van der Waals surface area contributed by atoms with Crippen molar-refractivity contribution in [2.24, 2.45) is 0 Å². The standard InChI is InChI=1S/C26H25N3O2/c1-3-18-13-23(21-5-4-11-28-24(21)14-18)26(9-10-26)29-25(30)22-15-20(7-6-17(22)2)31-16-19-8-12-27-19/h1,4-7,11,13-15,19,27H,8-10,12,16H2,2H3,(H,29,30). The van der Waals surface area contributed by atoms with E-state index in [1.807, 2.05) is 49.4 Å². The van der Waals surface area contributed by atoms with E-state index in [0.717, 1.165) is 59.2 Å². The summed E-state index contributed by atoms with van der Waals surface area (Å²) in [5.74, 6) is 3.35. The van der Waals surface area contributed by atoms with Gasteiger partial charge in [0.25, 0.3) is 5.91 Å². The molecule has 156 valence electrons. The topological polar surface area (TPSA) is 63.2 Å². The summed E-state index contributed by atoms with van der Waals surface area (Å²) in [6.07, 6.45) is 10.3. The van der Waals surface area contributed by atoms with Gasteiger partial charge in [-0.1, -0.05) is 18.1 Å². The van der Waals surface area contributed by atoms with E-state index in [1.54, 1.807) is 6.20 Å². The average Bonchev–Trinajstić information content (AvgIpc) is 3.53. The number of terminal acetylenes is 1. The van der Waals surface area contributed by atoms with Gasteiger partial charge in [0.2, 0.25) is 0 Å². The lowest BCUT2D eigenvalue weighted by molar-refractivity contribution is 0.0930. The Morgan fingerprint density at radius 2 is 2.16 bits per heavy atom. The first kappa shape index (κ1) is 19.6. The number of hydrogen-bond donors (Lipinski definition) is 2. The Labute approximate surface area is 182 Å². The van der Waals surface area contributed by atoms with Crippen molar-refractivity contribution in [3.05, 3.63) is 70.9 Å². The normalized spacial score (nSPS) is 18.6. The zero-order chi connectivity index (χ0) is 21.4. The fourth-order valence-electron chi connectivity index (χ4n) is 4.16. The van der Waals surface area contributed by atoms with Crippen LogP contribution in [0.2, 0.25) is 0 Å². The molecule has 1 saturated heterocycles. The molecule has 2 aromatic carbocycles. The molecule has 31 heavy (non-hydrogen) atoms. The molecule has 2 aliphatic rings. The summed E-state index contributed by atoms with van der Waals surface area (Å²) >= 11 is 0. The van der Waals surface area contributed by atoms with Crippen LogP contribution in [-0.2, 0) is 5.54 Å². The van der Waals surface area contributed by atoms with Crippen molar-refractivity contribution in [3.8, 4) is 18.1 Å². The Balaban J connectivity index is 1.42. The molecule has 1 saturated carbocycles. The van der Waals surface area contributed by atoms with Crippen molar-refractivity contribution in [2.75, 3.05) is 13.2 Å². The fourth-order valence-corrected chi connectivity index (χ4v) is 4.16. The molecule has 1 atom stereocenters. The smallest absolute Gasteiger partial charge is 0.252 e. The summed E-state index contributed by atoms with van der Waals surface area (Å²) in [7, 11) is 0. The zero-order valence-corrected chi connectivity index (χ0v) is 17.6. The minimum atomic E-state index is -0.412. The SMILES string of the molecule is C#Cc1cc(C2(NC(=O)c3cc(OCC4CCN4)ccc3C)CC2)c2cccnc2c1. The minimum Gasteiger partial charge on any atom is -0.492 e. The van der Waals surface area contributed by atoms with Crippen LogP contribution in [0.4, 0.5) is 0 Å². The van der Waals surface area contributed by atoms with Gasteiger partial charge in [0.05, 0.1) is 11.1 Å². The van der Waals surface area contributed by atoms with Gasteiger partial charge < -0.3 is 15.4 Å². The average molecular weight is 412 g/mol. The molecule has 5 nitrogen and oxygen atoms in total. The molecule has 2 N–H and O–H groups in total. The van der Waals surface area contributed by atoms with Crippen LogP contribution < -0.4 is 15.4 Å². The number of pyridine rings is 1. The van der Waals surface area contributed by atoms with Gasteiger partial charge in [0, 0.05) is 28.8 Å². The maximum absolute atomic E-state index is 13.3. The van der Waals surface area contributed by atoms with Crippen molar-refractivity contribution >= 4 is 16.8 Å². The number of ether oxygens (including phenoxy) is 1. The molecule has 0 spiro atoms. The number of amides is 1. The third-order valence-corrected chi connectivity index (χ3v) is 6.34. The van der Waals surface area contributed by atoms with Gasteiger partial charge in [0.1, 0.15) is 12.4 Å².